The first-order valence-corrected chi connectivity index (χ1v) is 9.72. The molecular formula is C23H23F2NO4. The van der Waals surface area contributed by atoms with E-state index in [1.165, 1.54) is 12.1 Å². The topological polar surface area (TPSA) is 64.6 Å². The van der Waals surface area contributed by atoms with Crippen LogP contribution in [0.4, 0.5) is 8.78 Å². The Balaban J connectivity index is 1.63. The van der Waals surface area contributed by atoms with Crippen LogP contribution in [0.15, 0.2) is 66.7 Å². The minimum absolute atomic E-state index is 0.0294. The third kappa shape index (κ3) is 6.40. The highest BCUT2D eigenvalue weighted by atomic mass is 19.3. The molecule has 7 heteroatoms. The molecule has 0 bridgehead atoms. The summed E-state index contributed by atoms with van der Waals surface area (Å²) >= 11 is 0. The molecular weight excluding hydrogens is 392 g/mol. The number of rotatable bonds is 9. The van der Waals surface area contributed by atoms with E-state index in [0.29, 0.717) is 5.56 Å². The first kappa shape index (κ1) is 21.5. The maximum Gasteiger partial charge on any atom is 0.387 e. The number of alkyl halides is 2. The number of allylic oxidation sites excluding steroid dienone is 2. The van der Waals surface area contributed by atoms with Gasteiger partial charge in [-0.05, 0) is 42.0 Å². The van der Waals surface area contributed by atoms with Gasteiger partial charge in [-0.1, -0.05) is 54.6 Å². The Morgan fingerprint density at radius 2 is 1.73 bits per heavy atom. The monoisotopic (exact) mass is 415 g/mol. The van der Waals surface area contributed by atoms with E-state index in [2.05, 4.69) is 10.1 Å². The average Bonchev–Trinajstić information content (AvgIpc) is 3.24. The largest absolute Gasteiger partial charge is 0.456 e. The van der Waals surface area contributed by atoms with Gasteiger partial charge in [0.25, 0.3) is 5.91 Å². The molecule has 0 aromatic heterocycles. The minimum Gasteiger partial charge on any atom is -0.456 e. The van der Waals surface area contributed by atoms with E-state index in [1.54, 1.807) is 12.1 Å². The highest BCUT2D eigenvalue weighted by molar-refractivity contribution is 5.81. The minimum atomic E-state index is -2.91. The lowest BCUT2D eigenvalue weighted by Gasteiger charge is -2.20. The molecule has 0 heterocycles. The Morgan fingerprint density at radius 3 is 2.37 bits per heavy atom. The molecule has 2 atom stereocenters. The molecule has 30 heavy (non-hydrogen) atoms. The first-order valence-electron chi connectivity index (χ1n) is 9.72. The average molecular weight is 415 g/mol. The fraction of sp³-hybridized carbons (Fsp3) is 0.304. The molecule has 0 saturated heterocycles. The van der Waals surface area contributed by atoms with Crippen LogP contribution in [0.5, 0.6) is 5.75 Å². The third-order valence-corrected chi connectivity index (χ3v) is 4.78. The zero-order valence-electron chi connectivity index (χ0n) is 16.3. The predicted molar refractivity (Wildman–Crippen MR) is 107 cm³/mol. The van der Waals surface area contributed by atoms with Crippen molar-refractivity contribution in [1.82, 2.24) is 5.32 Å². The predicted octanol–water partition coefficient (Wildman–Crippen LogP) is 4.39. The van der Waals surface area contributed by atoms with E-state index in [0.717, 1.165) is 18.4 Å². The van der Waals surface area contributed by atoms with Crippen molar-refractivity contribution in [2.45, 2.75) is 31.9 Å². The van der Waals surface area contributed by atoms with Crippen molar-refractivity contribution in [1.29, 1.82) is 0 Å². The molecule has 0 unspecified atom stereocenters. The number of benzene rings is 2. The van der Waals surface area contributed by atoms with Crippen LogP contribution in [0.2, 0.25) is 0 Å². The number of carbonyl (C=O) groups is 2. The summed E-state index contributed by atoms with van der Waals surface area (Å²) in [7, 11) is 0. The van der Waals surface area contributed by atoms with Gasteiger partial charge in [0.2, 0.25) is 0 Å². The second-order valence-electron chi connectivity index (χ2n) is 6.99. The van der Waals surface area contributed by atoms with E-state index in [9.17, 15) is 18.4 Å². The molecule has 1 aliphatic rings. The number of hydrogen-bond donors (Lipinski definition) is 1. The maximum atomic E-state index is 12.4. The second-order valence-corrected chi connectivity index (χ2v) is 6.99. The summed E-state index contributed by atoms with van der Waals surface area (Å²) in [5.74, 6) is -0.660. The molecule has 1 N–H and O–H groups in total. The molecule has 158 valence electrons. The van der Waals surface area contributed by atoms with Gasteiger partial charge in [-0.15, -0.1) is 0 Å². The number of ether oxygens (including phenoxy) is 2. The Morgan fingerprint density at radius 1 is 1.03 bits per heavy atom. The number of carbonyl (C=O) groups excluding carboxylic acids is 2. The summed E-state index contributed by atoms with van der Waals surface area (Å²) in [6.07, 6.45) is 6.17. The maximum absolute atomic E-state index is 12.4. The van der Waals surface area contributed by atoms with Gasteiger partial charge in [-0.3, -0.25) is 9.59 Å². The van der Waals surface area contributed by atoms with E-state index in [4.69, 9.17) is 4.74 Å². The molecule has 0 aliphatic heterocycles. The van der Waals surface area contributed by atoms with Crippen LogP contribution in [0.3, 0.4) is 0 Å². The van der Waals surface area contributed by atoms with Gasteiger partial charge in [0.1, 0.15) is 5.75 Å². The number of halogens is 2. The number of hydrogen-bond acceptors (Lipinski definition) is 4. The van der Waals surface area contributed by atoms with Gasteiger partial charge >= 0.3 is 12.6 Å². The van der Waals surface area contributed by atoms with Gasteiger partial charge in [0.15, 0.2) is 6.61 Å². The second kappa shape index (κ2) is 10.5. The fourth-order valence-corrected chi connectivity index (χ4v) is 3.33. The molecule has 0 saturated carbocycles. The first-order chi connectivity index (χ1) is 14.5. The van der Waals surface area contributed by atoms with Gasteiger partial charge in [0, 0.05) is 0 Å². The third-order valence-electron chi connectivity index (χ3n) is 4.78. The van der Waals surface area contributed by atoms with Crippen molar-refractivity contribution in [2.75, 3.05) is 6.61 Å². The van der Waals surface area contributed by atoms with E-state index < -0.39 is 24.5 Å². The molecule has 1 amide bonds. The summed E-state index contributed by atoms with van der Waals surface area (Å²) in [5.41, 5.74) is 1.48. The van der Waals surface area contributed by atoms with E-state index >= 15 is 0 Å². The quantitative estimate of drug-likeness (QED) is 0.487. The van der Waals surface area contributed by atoms with Crippen molar-refractivity contribution in [2.24, 2.45) is 5.92 Å². The van der Waals surface area contributed by atoms with Crippen molar-refractivity contribution in [3.05, 3.63) is 77.9 Å². The molecule has 5 nitrogen and oxygen atoms in total. The molecule has 0 spiro atoms. The van der Waals surface area contributed by atoms with E-state index in [-0.39, 0.29) is 24.7 Å². The Bertz CT molecular complexity index is 869. The summed E-state index contributed by atoms with van der Waals surface area (Å²) in [5, 5.41) is 2.84. The molecule has 1 aliphatic carbocycles. The number of amides is 1. The van der Waals surface area contributed by atoms with Crippen LogP contribution in [0, 0.1) is 5.92 Å². The number of nitrogens with one attached hydrogen (secondary N) is 1. The smallest absolute Gasteiger partial charge is 0.387 e. The summed E-state index contributed by atoms with van der Waals surface area (Å²) in [4.78, 5) is 24.4. The van der Waals surface area contributed by atoms with Crippen LogP contribution >= 0.6 is 0 Å². The molecule has 2 aromatic carbocycles. The van der Waals surface area contributed by atoms with Crippen molar-refractivity contribution >= 4 is 11.9 Å². The molecule has 2 aromatic rings. The lowest BCUT2D eigenvalue weighted by molar-refractivity contribution is -0.149. The molecule has 0 fully saturated rings. The van der Waals surface area contributed by atoms with Gasteiger partial charge < -0.3 is 14.8 Å². The lowest BCUT2D eigenvalue weighted by Crippen LogP contribution is -2.33. The fourth-order valence-electron chi connectivity index (χ4n) is 3.33. The van der Waals surface area contributed by atoms with Gasteiger partial charge in [0.05, 0.1) is 12.5 Å². The zero-order valence-corrected chi connectivity index (χ0v) is 16.3. The molecule has 3 rings (SSSR count). The van der Waals surface area contributed by atoms with Crippen LogP contribution in [0.25, 0.3) is 0 Å². The SMILES string of the molecule is O=C(COC(=O)C[C@@H]1C=CCC1)N[C@H](c1ccccc1)c1ccc(OC(F)F)cc1. The van der Waals surface area contributed by atoms with Crippen LogP contribution in [-0.2, 0) is 14.3 Å². The standard InChI is InChI=1S/C23H23F2NO4/c24-23(25)30-19-12-10-18(11-13-19)22(17-8-2-1-3-9-17)26-20(27)15-29-21(28)14-16-6-4-5-7-16/h1-4,6,8-13,16,22-23H,5,7,14-15H2,(H,26,27)/t16-,22-/m1/s1. The van der Waals surface area contributed by atoms with Crippen molar-refractivity contribution in [3.63, 3.8) is 0 Å². The van der Waals surface area contributed by atoms with Crippen molar-refractivity contribution in [3.8, 4) is 5.75 Å². The van der Waals surface area contributed by atoms with E-state index in [1.807, 2.05) is 42.5 Å². The normalized spacial score (nSPS) is 16.3. The van der Waals surface area contributed by atoms with Gasteiger partial charge in [-0.2, -0.15) is 8.78 Å². The number of esters is 1. The Labute approximate surface area is 173 Å². The zero-order chi connectivity index (χ0) is 21.3. The lowest BCUT2D eigenvalue weighted by atomic mass is 9.98. The summed E-state index contributed by atoms with van der Waals surface area (Å²) < 4.78 is 34.2. The van der Waals surface area contributed by atoms with Gasteiger partial charge in [-0.25, -0.2) is 0 Å². The molecule has 0 radical (unpaired) electrons. The summed E-state index contributed by atoms with van der Waals surface area (Å²) in [6.45, 7) is -3.29. The highest BCUT2D eigenvalue weighted by Crippen LogP contribution is 2.25. The van der Waals surface area contributed by atoms with Crippen molar-refractivity contribution < 1.29 is 27.8 Å². The Kier molecular flexibility index (Phi) is 7.54. The highest BCUT2D eigenvalue weighted by Gasteiger charge is 2.20. The van der Waals surface area contributed by atoms with Crippen LogP contribution in [0.1, 0.15) is 36.4 Å². The van der Waals surface area contributed by atoms with Crippen LogP contribution in [-0.4, -0.2) is 25.1 Å². The Hall–Kier alpha value is -3.22. The summed E-state index contributed by atoms with van der Waals surface area (Å²) in [6, 6.07) is 14.7. The van der Waals surface area contributed by atoms with Crippen LogP contribution < -0.4 is 10.1 Å².